The topological polar surface area (TPSA) is 91.8 Å². The lowest BCUT2D eigenvalue weighted by Gasteiger charge is -2.13. The largest absolute Gasteiger partial charge is 0.496 e. The smallest absolute Gasteiger partial charge is 0.211 e. The summed E-state index contributed by atoms with van der Waals surface area (Å²) in [6.07, 6.45) is 0.802. The molecule has 0 amide bonds. The minimum absolute atomic E-state index is 0.0773. The second kappa shape index (κ2) is 10.9. The fraction of sp³-hybridized carbons (Fsp3) is 0.562. The summed E-state index contributed by atoms with van der Waals surface area (Å²) in [6, 6.07) is 7.90. The third-order valence-electron chi connectivity index (χ3n) is 3.31. The Hall–Kier alpha value is -1.80. The number of hydrogen-bond acceptors (Lipinski definition) is 4. The van der Waals surface area contributed by atoms with Gasteiger partial charge in [0.15, 0.2) is 5.96 Å². The molecule has 0 aliphatic heterocycles. The molecule has 0 aromatic heterocycles. The summed E-state index contributed by atoms with van der Waals surface area (Å²) in [5.41, 5.74) is 1.12. The van der Waals surface area contributed by atoms with E-state index in [1.165, 1.54) is 0 Å². The molecule has 0 saturated carbocycles. The number of aliphatic imine (C=N–C) groups is 1. The summed E-state index contributed by atoms with van der Waals surface area (Å²) in [7, 11) is -1.50. The third-order valence-corrected chi connectivity index (χ3v) is 4.71. The molecule has 8 heteroatoms. The van der Waals surface area contributed by atoms with E-state index >= 15 is 0 Å². The van der Waals surface area contributed by atoms with Crippen molar-refractivity contribution in [1.82, 2.24) is 15.4 Å². The first-order valence-corrected chi connectivity index (χ1v) is 9.79. The van der Waals surface area contributed by atoms with Crippen LogP contribution in [0.5, 0.6) is 5.75 Å². The Labute approximate surface area is 145 Å². The molecule has 0 aliphatic carbocycles. The molecule has 0 fully saturated rings. The summed E-state index contributed by atoms with van der Waals surface area (Å²) in [5.74, 6) is 1.62. The van der Waals surface area contributed by atoms with E-state index in [-0.39, 0.29) is 5.75 Å². The van der Waals surface area contributed by atoms with E-state index in [2.05, 4.69) is 20.3 Å². The molecule has 0 radical (unpaired) electrons. The maximum absolute atomic E-state index is 11.4. The number of para-hydroxylation sites is 1. The Kier molecular flexibility index (Phi) is 9.18. The number of hydrogen-bond donors (Lipinski definition) is 3. The number of nitrogens with one attached hydrogen (secondary N) is 3. The quantitative estimate of drug-likeness (QED) is 0.327. The molecule has 0 heterocycles. The standard InChI is InChI=1S/C16H28N4O3S/c1-4-17-16(19-12-13-20-24(21,22)5-2)18-11-10-14-8-6-7-9-15(14)23-3/h6-9,20H,4-5,10-13H2,1-3H3,(H2,17,18,19). The highest BCUT2D eigenvalue weighted by atomic mass is 32.2. The summed E-state index contributed by atoms with van der Waals surface area (Å²) >= 11 is 0. The zero-order valence-corrected chi connectivity index (χ0v) is 15.4. The van der Waals surface area contributed by atoms with E-state index in [1.54, 1.807) is 14.0 Å². The minimum atomic E-state index is -3.16. The molecule has 0 atom stereocenters. The molecule has 1 rings (SSSR count). The minimum Gasteiger partial charge on any atom is -0.496 e. The lowest BCUT2D eigenvalue weighted by Crippen LogP contribution is -2.39. The third kappa shape index (κ3) is 7.65. The van der Waals surface area contributed by atoms with Crippen LogP contribution in [0.2, 0.25) is 0 Å². The molecule has 0 aliphatic rings. The van der Waals surface area contributed by atoms with Gasteiger partial charge >= 0.3 is 0 Å². The molecule has 0 spiro atoms. The van der Waals surface area contributed by atoms with Gasteiger partial charge < -0.3 is 15.4 Å². The Balaban J connectivity index is 2.46. The molecule has 0 bridgehead atoms. The maximum atomic E-state index is 11.4. The SMILES string of the molecule is CCNC(=NCCNS(=O)(=O)CC)NCCc1ccccc1OC. The number of rotatable bonds is 10. The summed E-state index contributed by atoms with van der Waals surface area (Å²) in [5, 5.41) is 6.38. The van der Waals surface area contributed by atoms with E-state index in [4.69, 9.17) is 4.74 Å². The number of guanidine groups is 1. The highest BCUT2D eigenvalue weighted by molar-refractivity contribution is 7.89. The number of ether oxygens (including phenoxy) is 1. The normalized spacial score (nSPS) is 12.0. The van der Waals surface area contributed by atoms with Crippen LogP contribution in [0.25, 0.3) is 0 Å². The average molecular weight is 356 g/mol. The monoisotopic (exact) mass is 356 g/mol. The van der Waals surface area contributed by atoms with Gasteiger partial charge in [0.2, 0.25) is 10.0 Å². The van der Waals surface area contributed by atoms with Crippen LogP contribution in [0, 0.1) is 0 Å². The molecular weight excluding hydrogens is 328 g/mol. The van der Waals surface area contributed by atoms with Gasteiger partial charge in [-0.25, -0.2) is 13.1 Å². The van der Waals surface area contributed by atoms with Gasteiger partial charge in [0.05, 0.1) is 19.4 Å². The van der Waals surface area contributed by atoms with Crippen molar-refractivity contribution >= 4 is 16.0 Å². The molecule has 1 aromatic carbocycles. The van der Waals surface area contributed by atoms with Crippen molar-refractivity contribution in [3.05, 3.63) is 29.8 Å². The summed E-state index contributed by atoms with van der Waals surface area (Å²) < 4.78 is 30.5. The van der Waals surface area contributed by atoms with Gasteiger partial charge in [-0.1, -0.05) is 18.2 Å². The second-order valence-electron chi connectivity index (χ2n) is 5.05. The van der Waals surface area contributed by atoms with E-state index < -0.39 is 10.0 Å². The van der Waals surface area contributed by atoms with Gasteiger partial charge in [0.25, 0.3) is 0 Å². The lowest BCUT2D eigenvalue weighted by atomic mass is 10.1. The lowest BCUT2D eigenvalue weighted by molar-refractivity contribution is 0.409. The van der Waals surface area contributed by atoms with Crippen LogP contribution in [-0.4, -0.2) is 53.4 Å². The molecule has 3 N–H and O–H groups in total. The fourth-order valence-electron chi connectivity index (χ4n) is 2.04. The molecule has 24 heavy (non-hydrogen) atoms. The van der Waals surface area contributed by atoms with E-state index in [0.29, 0.717) is 25.6 Å². The predicted molar refractivity (Wildman–Crippen MR) is 98.1 cm³/mol. The first kappa shape index (κ1) is 20.2. The van der Waals surface area contributed by atoms with Gasteiger partial charge in [-0.05, 0) is 31.9 Å². The molecule has 0 saturated heterocycles. The zero-order chi connectivity index (χ0) is 17.8. The van der Waals surface area contributed by atoms with Crippen molar-refractivity contribution in [1.29, 1.82) is 0 Å². The Morgan fingerprint density at radius 1 is 1.17 bits per heavy atom. The number of methoxy groups -OCH3 is 1. The van der Waals surface area contributed by atoms with Crippen LogP contribution < -0.4 is 20.1 Å². The highest BCUT2D eigenvalue weighted by Crippen LogP contribution is 2.17. The first-order chi connectivity index (χ1) is 11.5. The van der Waals surface area contributed by atoms with E-state index in [9.17, 15) is 8.42 Å². The number of nitrogens with zero attached hydrogens (tertiary/aromatic N) is 1. The van der Waals surface area contributed by atoms with Crippen LogP contribution in [0.1, 0.15) is 19.4 Å². The fourth-order valence-corrected chi connectivity index (χ4v) is 2.64. The van der Waals surface area contributed by atoms with E-state index in [0.717, 1.165) is 24.3 Å². The molecule has 136 valence electrons. The van der Waals surface area contributed by atoms with Gasteiger partial charge in [-0.15, -0.1) is 0 Å². The average Bonchev–Trinajstić information content (AvgIpc) is 2.59. The summed E-state index contributed by atoms with van der Waals surface area (Å²) in [4.78, 5) is 4.36. The number of sulfonamides is 1. The summed E-state index contributed by atoms with van der Waals surface area (Å²) in [6.45, 7) is 5.70. The number of benzene rings is 1. The molecule has 0 unspecified atom stereocenters. The predicted octanol–water partition coefficient (Wildman–Crippen LogP) is 0.732. The molecular formula is C16H28N4O3S. The van der Waals surface area contributed by atoms with Crippen LogP contribution in [-0.2, 0) is 16.4 Å². The van der Waals surface area contributed by atoms with Crippen molar-refractivity contribution in [2.24, 2.45) is 4.99 Å². The van der Waals surface area contributed by atoms with Crippen LogP contribution in [0.4, 0.5) is 0 Å². The van der Waals surface area contributed by atoms with Gasteiger partial charge in [-0.2, -0.15) is 0 Å². The maximum Gasteiger partial charge on any atom is 0.211 e. The van der Waals surface area contributed by atoms with Crippen molar-refractivity contribution in [3.8, 4) is 5.75 Å². The van der Waals surface area contributed by atoms with Gasteiger partial charge in [0.1, 0.15) is 5.75 Å². The Bertz CT molecular complexity index is 618. The van der Waals surface area contributed by atoms with Gasteiger partial charge in [0, 0.05) is 19.6 Å². The van der Waals surface area contributed by atoms with Crippen LogP contribution >= 0.6 is 0 Å². The zero-order valence-electron chi connectivity index (χ0n) is 14.6. The van der Waals surface area contributed by atoms with Crippen molar-refractivity contribution in [2.45, 2.75) is 20.3 Å². The van der Waals surface area contributed by atoms with Crippen molar-refractivity contribution in [2.75, 3.05) is 39.0 Å². The van der Waals surface area contributed by atoms with Crippen molar-refractivity contribution in [3.63, 3.8) is 0 Å². The Morgan fingerprint density at radius 3 is 2.58 bits per heavy atom. The van der Waals surface area contributed by atoms with E-state index in [1.807, 2.05) is 31.2 Å². The van der Waals surface area contributed by atoms with Crippen molar-refractivity contribution < 1.29 is 13.2 Å². The molecule has 1 aromatic rings. The molecule has 7 nitrogen and oxygen atoms in total. The van der Waals surface area contributed by atoms with Crippen LogP contribution in [0.3, 0.4) is 0 Å². The second-order valence-corrected chi connectivity index (χ2v) is 7.14. The van der Waals surface area contributed by atoms with Crippen LogP contribution in [0.15, 0.2) is 29.3 Å². The highest BCUT2D eigenvalue weighted by Gasteiger charge is 2.05. The first-order valence-electron chi connectivity index (χ1n) is 8.13. The van der Waals surface area contributed by atoms with Gasteiger partial charge in [-0.3, -0.25) is 4.99 Å². The Morgan fingerprint density at radius 2 is 1.92 bits per heavy atom.